The van der Waals surface area contributed by atoms with E-state index in [1.54, 1.807) is 13.8 Å². The molecule has 76 valence electrons. The van der Waals surface area contributed by atoms with Crippen LogP contribution in [0.2, 0.25) is 0 Å². The zero-order valence-corrected chi connectivity index (χ0v) is 8.21. The molecule has 4 N–H and O–H groups in total. The maximum absolute atomic E-state index is 11.5. The fourth-order valence-electron chi connectivity index (χ4n) is 1.35. The van der Waals surface area contributed by atoms with Crippen molar-refractivity contribution in [1.82, 2.24) is 5.32 Å². The van der Waals surface area contributed by atoms with Crippen LogP contribution in [0.1, 0.15) is 26.7 Å². The van der Waals surface area contributed by atoms with Crippen LogP contribution in [-0.2, 0) is 4.79 Å². The topological polar surface area (TPSA) is 75.3 Å². The van der Waals surface area contributed by atoms with E-state index in [9.17, 15) is 4.79 Å². The Bertz CT molecular complexity index is 198. The minimum Gasteiger partial charge on any atom is -0.394 e. The van der Waals surface area contributed by atoms with E-state index in [0.29, 0.717) is 0 Å². The number of amides is 1. The minimum absolute atomic E-state index is 0.0146. The van der Waals surface area contributed by atoms with Gasteiger partial charge in [0.15, 0.2) is 0 Å². The average molecular weight is 186 g/mol. The fourth-order valence-corrected chi connectivity index (χ4v) is 1.35. The standard InChI is InChI=1S/C9H18N2O2/c1-9(2,5-12)11-8(13)6-3-7(10)4-6/h6-7,12H,3-5,10H2,1-2H3,(H,11,13). The molecule has 1 amide bonds. The molecule has 0 saturated heterocycles. The van der Waals surface area contributed by atoms with Crippen LogP contribution in [-0.4, -0.2) is 29.2 Å². The molecule has 0 aliphatic heterocycles. The molecule has 4 heteroatoms. The van der Waals surface area contributed by atoms with E-state index in [-0.39, 0.29) is 24.5 Å². The van der Waals surface area contributed by atoms with Crippen molar-refractivity contribution in [2.45, 2.75) is 38.3 Å². The first-order valence-corrected chi connectivity index (χ1v) is 4.63. The Morgan fingerprint density at radius 2 is 2.15 bits per heavy atom. The number of carbonyl (C=O) groups is 1. The van der Waals surface area contributed by atoms with Gasteiger partial charge in [-0.25, -0.2) is 0 Å². The van der Waals surface area contributed by atoms with Crippen LogP contribution in [0.15, 0.2) is 0 Å². The van der Waals surface area contributed by atoms with Crippen LogP contribution in [0.25, 0.3) is 0 Å². The van der Waals surface area contributed by atoms with Crippen molar-refractivity contribution in [2.75, 3.05) is 6.61 Å². The smallest absolute Gasteiger partial charge is 0.223 e. The summed E-state index contributed by atoms with van der Waals surface area (Å²) in [6, 6.07) is 0.188. The highest BCUT2D eigenvalue weighted by atomic mass is 16.3. The maximum atomic E-state index is 11.5. The third kappa shape index (κ3) is 2.67. The summed E-state index contributed by atoms with van der Waals surface area (Å²) in [5.74, 6) is 0.0709. The Hall–Kier alpha value is -0.610. The van der Waals surface area contributed by atoms with Crippen LogP contribution >= 0.6 is 0 Å². The number of nitrogens with two attached hydrogens (primary N) is 1. The molecule has 0 radical (unpaired) electrons. The number of aliphatic hydroxyl groups excluding tert-OH is 1. The van der Waals surface area contributed by atoms with E-state index in [1.165, 1.54) is 0 Å². The van der Waals surface area contributed by atoms with Crippen LogP contribution in [0, 0.1) is 5.92 Å². The molecule has 0 aromatic carbocycles. The van der Waals surface area contributed by atoms with Crippen molar-refractivity contribution < 1.29 is 9.90 Å². The molecule has 4 nitrogen and oxygen atoms in total. The van der Waals surface area contributed by atoms with Crippen molar-refractivity contribution in [3.05, 3.63) is 0 Å². The predicted octanol–water partition coefficient (Wildman–Crippen LogP) is -0.389. The molecule has 0 unspecified atom stereocenters. The number of nitrogens with one attached hydrogen (secondary N) is 1. The summed E-state index contributed by atoms with van der Waals surface area (Å²) < 4.78 is 0. The quantitative estimate of drug-likeness (QED) is 0.562. The molecule has 0 bridgehead atoms. The Balaban J connectivity index is 2.33. The van der Waals surface area contributed by atoms with Gasteiger partial charge in [-0.2, -0.15) is 0 Å². The molecule has 0 heterocycles. The SMILES string of the molecule is CC(C)(CO)NC(=O)C1CC(N)C1. The van der Waals surface area contributed by atoms with Gasteiger partial charge >= 0.3 is 0 Å². The highest BCUT2D eigenvalue weighted by Crippen LogP contribution is 2.26. The molecular formula is C9H18N2O2. The van der Waals surface area contributed by atoms with Gasteiger partial charge in [-0.15, -0.1) is 0 Å². The molecule has 0 aromatic rings. The van der Waals surface area contributed by atoms with Crippen LogP contribution in [0.4, 0.5) is 0 Å². The monoisotopic (exact) mass is 186 g/mol. The van der Waals surface area contributed by atoms with Crippen molar-refractivity contribution in [3.8, 4) is 0 Å². The molecule has 1 rings (SSSR count). The van der Waals surface area contributed by atoms with Gasteiger partial charge in [0.05, 0.1) is 12.1 Å². The normalized spacial score (nSPS) is 28.0. The van der Waals surface area contributed by atoms with Gasteiger partial charge in [-0.05, 0) is 26.7 Å². The molecule has 0 spiro atoms. The second kappa shape index (κ2) is 3.64. The molecule has 0 aromatic heterocycles. The lowest BCUT2D eigenvalue weighted by Crippen LogP contribution is -2.52. The van der Waals surface area contributed by atoms with E-state index in [4.69, 9.17) is 10.8 Å². The first-order chi connectivity index (χ1) is 5.94. The van der Waals surface area contributed by atoms with Gasteiger partial charge in [-0.1, -0.05) is 0 Å². The average Bonchev–Trinajstić information content (AvgIpc) is 1.98. The summed E-state index contributed by atoms with van der Waals surface area (Å²) in [5.41, 5.74) is 5.06. The third-order valence-corrected chi connectivity index (χ3v) is 2.40. The van der Waals surface area contributed by atoms with Gasteiger partial charge in [0.1, 0.15) is 0 Å². The van der Waals surface area contributed by atoms with Crippen molar-refractivity contribution >= 4 is 5.91 Å². The summed E-state index contributed by atoms with van der Waals surface area (Å²) in [6.45, 7) is 3.55. The van der Waals surface area contributed by atoms with Crippen LogP contribution in [0.3, 0.4) is 0 Å². The van der Waals surface area contributed by atoms with Gasteiger partial charge in [-0.3, -0.25) is 4.79 Å². The number of rotatable bonds is 3. The molecule has 1 saturated carbocycles. The summed E-state index contributed by atoms with van der Waals surface area (Å²) in [7, 11) is 0. The van der Waals surface area contributed by atoms with E-state index >= 15 is 0 Å². The lowest BCUT2D eigenvalue weighted by atomic mass is 9.80. The number of carbonyl (C=O) groups excluding carboxylic acids is 1. The highest BCUT2D eigenvalue weighted by molar-refractivity contribution is 5.80. The molecule has 1 aliphatic carbocycles. The fraction of sp³-hybridized carbons (Fsp3) is 0.889. The van der Waals surface area contributed by atoms with Gasteiger partial charge in [0.25, 0.3) is 0 Å². The highest BCUT2D eigenvalue weighted by Gasteiger charge is 2.34. The van der Waals surface area contributed by atoms with Crippen LogP contribution in [0.5, 0.6) is 0 Å². The van der Waals surface area contributed by atoms with Gasteiger partial charge < -0.3 is 16.2 Å². The van der Waals surface area contributed by atoms with Crippen molar-refractivity contribution in [2.24, 2.45) is 11.7 Å². The van der Waals surface area contributed by atoms with E-state index in [0.717, 1.165) is 12.8 Å². The second-order valence-electron chi connectivity index (χ2n) is 4.46. The summed E-state index contributed by atoms with van der Waals surface area (Å²) >= 11 is 0. The van der Waals surface area contributed by atoms with E-state index in [2.05, 4.69) is 5.32 Å². The van der Waals surface area contributed by atoms with Gasteiger partial charge in [0.2, 0.25) is 5.91 Å². The molecule has 13 heavy (non-hydrogen) atoms. The zero-order valence-electron chi connectivity index (χ0n) is 8.21. The lowest BCUT2D eigenvalue weighted by molar-refractivity contribution is -0.130. The number of hydrogen-bond acceptors (Lipinski definition) is 3. The van der Waals surface area contributed by atoms with Crippen LogP contribution < -0.4 is 11.1 Å². The zero-order chi connectivity index (χ0) is 10.1. The molecule has 1 fully saturated rings. The molecular weight excluding hydrogens is 168 g/mol. The van der Waals surface area contributed by atoms with Crippen molar-refractivity contribution in [1.29, 1.82) is 0 Å². The summed E-state index contributed by atoms with van der Waals surface area (Å²) in [5, 5.41) is 11.7. The number of hydrogen-bond donors (Lipinski definition) is 3. The second-order valence-corrected chi connectivity index (χ2v) is 4.46. The first kappa shape index (κ1) is 10.5. The summed E-state index contributed by atoms with van der Waals surface area (Å²) in [6.07, 6.45) is 1.54. The van der Waals surface area contributed by atoms with E-state index < -0.39 is 5.54 Å². The Kier molecular flexibility index (Phi) is 2.93. The Morgan fingerprint density at radius 3 is 2.54 bits per heavy atom. The predicted molar refractivity (Wildman–Crippen MR) is 50.0 cm³/mol. The Labute approximate surface area is 78.5 Å². The Morgan fingerprint density at radius 1 is 1.62 bits per heavy atom. The lowest BCUT2D eigenvalue weighted by Gasteiger charge is -2.34. The maximum Gasteiger partial charge on any atom is 0.223 e. The minimum atomic E-state index is -0.517. The molecule has 1 aliphatic rings. The van der Waals surface area contributed by atoms with Gasteiger partial charge in [0, 0.05) is 12.0 Å². The largest absolute Gasteiger partial charge is 0.394 e. The number of aliphatic hydroxyl groups is 1. The van der Waals surface area contributed by atoms with E-state index in [1.807, 2.05) is 0 Å². The summed E-state index contributed by atoms with van der Waals surface area (Å²) in [4.78, 5) is 11.5. The first-order valence-electron chi connectivity index (χ1n) is 4.63. The molecule has 0 atom stereocenters. The van der Waals surface area contributed by atoms with Crippen molar-refractivity contribution in [3.63, 3.8) is 0 Å². The third-order valence-electron chi connectivity index (χ3n) is 2.40.